The summed E-state index contributed by atoms with van der Waals surface area (Å²) >= 11 is 0. The van der Waals surface area contributed by atoms with Gasteiger partial charge in [-0.2, -0.15) is 10.2 Å². The molecule has 0 aliphatic rings. The van der Waals surface area contributed by atoms with Gasteiger partial charge >= 0.3 is 0 Å². The molecule has 1 heterocycles. The van der Waals surface area contributed by atoms with E-state index >= 15 is 0 Å². The number of rotatable bonds is 2. The van der Waals surface area contributed by atoms with Crippen molar-refractivity contribution in [2.45, 2.75) is 20.4 Å². The molecule has 62 valence electrons. The van der Waals surface area contributed by atoms with Crippen molar-refractivity contribution in [2.75, 3.05) is 0 Å². The first-order chi connectivity index (χ1) is 5.74. The topological polar surface area (TPSA) is 74.5 Å². The number of nitrogens with zero attached hydrogens (tertiary/aromatic N) is 5. The summed E-state index contributed by atoms with van der Waals surface area (Å²) in [6.45, 7) is 4.04. The highest BCUT2D eigenvalue weighted by Crippen LogP contribution is 2.06. The lowest BCUT2D eigenvalue weighted by Crippen LogP contribution is -1.95. The fourth-order valence-electron chi connectivity index (χ4n) is 0.871. The first-order valence-electron chi connectivity index (χ1n) is 3.54. The molecule has 0 aromatic carbocycles. The van der Waals surface area contributed by atoms with Crippen molar-refractivity contribution in [3.05, 3.63) is 33.5 Å². The normalized spacial score (nSPS) is 9.17. The zero-order chi connectivity index (χ0) is 8.97. The van der Waals surface area contributed by atoms with Gasteiger partial charge in [0, 0.05) is 4.91 Å². The van der Waals surface area contributed by atoms with Gasteiger partial charge in [-0.1, -0.05) is 5.11 Å². The lowest BCUT2D eigenvalue weighted by atomic mass is 10.2. The van der Waals surface area contributed by atoms with Crippen molar-refractivity contribution in [2.24, 2.45) is 5.11 Å². The molecule has 0 saturated carbocycles. The Balaban J connectivity index is 2.96. The largest absolute Gasteiger partial charge is 0.156 e. The summed E-state index contributed by atoms with van der Waals surface area (Å²) < 4.78 is 0. The first-order valence-corrected chi connectivity index (χ1v) is 3.54. The van der Waals surface area contributed by atoms with E-state index in [9.17, 15) is 0 Å². The summed E-state index contributed by atoms with van der Waals surface area (Å²) in [4.78, 5) is 2.68. The SMILES string of the molecule is Cc1cc(CN=[N+]=[N-])c(C)nn1. The van der Waals surface area contributed by atoms with Crippen molar-refractivity contribution in [1.29, 1.82) is 0 Å². The van der Waals surface area contributed by atoms with E-state index in [0.29, 0.717) is 6.54 Å². The quantitative estimate of drug-likeness (QED) is 0.379. The van der Waals surface area contributed by atoms with Crippen LogP contribution in [0.25, 0.3) is 10.4 Å². The van der Waals surface area contributed by atoms with Crippen molar-refractivity contribution < 1.29 is 0 Å². The highest BCUT2D eigenvalue weighted by molar-refractivity contribution is 5.19. The lowest BCUT2D eigenvalue weighted by Gasteiger charge is -1.99. The maximum Gasteiger partial charge on any atom is 0.0633 e. The second-order valence-electron chi connectivity index (χ2n) is 2.49. The van der Waals surface area contributed by atoms with E-state index in [4.69, 9.17) is 5.53 Å². The van der Waals surface area contributed by atoms with E-state index in [1.807, 2.05) is 19.9 Å². The molecule has 0 N–H and O–H groups in total. The molecule has 0 amide bonds. The first kappa shape index (κ1) is 8.49. The summed E-state index contributed by atoms with van der Waals surface area (Å²) in [5, 5.41) is 11.2. The maximum absolute atomic E-state index is 8.11. The Morgan fingerprint density at radius 2 is 2.25 bits per heavy atom. The summed E-state index contributed by atoms with van der Waals surface area (Å²) in [7, 11) is 0. The van der Waals surface area contributed by atoms with Crippen LogP contribution in [0, 0.1) is 13.8 Å². The van der Waals surface area contributed by atoms with Gasteiger partial charge in [0.05, 0.1) is 17.9 Å². The van der Waals surface area contributed by atoms with E-state index in [2.05, 4.69) is 20.2 Å². The van der Waals surface area contributed by atoms with Gasteiger partial charge in [-0.05, 0) is 31.0 Å². The van der Waals surface area contributed by atoms with E-state index < -0.39 is 0 Å². The van der Waals surface area contributed by atoms with Crippen molar-refractivity contribution in [3.63, 3.8) is 0 Å². The fourth-order valence-corrected chi connectivity index (χ4v) is 0.871. The van der Waals surface area contributed by atoms with Crippen LogP contribution in [0.1, 0.15) is 17.0 Å². The predicted molar refractivity (Wildman–Crippen MR) is 44.4 cm³/mol. The molecular formula is C7H9N5. The van der Waals surface area contributed by atoms with Gasteiger partial charge in [-0.15, -0.1) is 0 Å². The van der Waals surface area contributed by atoms with E-state index in [-0.39, 0.29) is 0 Å². The Morgan fingerprint density at radius 1 is 1.50 bits per heavy atom. The molecule has 0 unspecified atom stereocenters. The predicted octanol–water partition coefficient (Wildman–Crippen LogP) is 1.90. The Labute approximate surface area is 70.1 Å². The van der Waals surface area contributed by atoms with Crippen LogP contribution in [0.3, 0.4) is 0 Å². The molecule has 0 spiro atoms. The number of aryl methyl sites for hydroxylation is 2. The fraction of sp³-hybridized carbons (Fsp3) is 0.429. The van der Waals surface area contributed by atoms with Crippen molar-refractivity contribution in [1.82, 2.24) is 10.2 Å². The summed E-state index contributed by atoms with van der Waals surface area (Å²) in [5.41, 5.74) is 10.7. The lowest BCUT2D eigenvalue weighted by molar-refractivity contribution is 0.888. The van der Waals surface area contributed by atoms with Gasteiger partial charge in [0.15, 0.2) is 0 Å². The summed E-state index contributed by atoms with van der Waals surface area (Å²) in [5.74, 6) is 0. The van der Waals surface area contributed by atoms with Gasteiger partial charge < -0.3 is 0 Å². The molecule has 0 atom stereocenters. The Bertz CT molecular complexity index is 327. The number of azide groups is 1. The average Bonchev–Trinajstić information content (AvgIpc) is 2.07. The van der Waals surface area contributed by atoms with Crippen LogP contribution in [0.15, 0.2) is 11.2 Å². The molecule has 0 fully saturated rings. The van der Waals surface area contributed by atoms with Gasteiger partial charge in [-0.3, -0.25) is 0 Å². The number of aromatic nitrogens is 2. The zero-order valence-corrected chi connectivity index (χ0v) is 7.02. The summed E-state index contributed by atoms with van der Waals surface area (Å²) in [6.07, 6.45) is 0. The third-order valence-corrected chi connectivity index (χ3v) is 1.51. The average molecular weight is 163 g/mol. The Hall–Kier alpha value is -1.61. The van der Waals surface area contributed by atoms with Gasteiger partial charge in [0.1, 0.15) is 0 Å². The van der Waals surface area contributed by atoms with Crippen LogP contribution < -0.4 is 0 Å². The molecule has 0 bridgehead atoms. The van der Waals surface area contributed by atoms with E-state index in [1.54, 1.807) is 0 Å². The van der Waals surface area contributed by atoms with Crippen LogP contribution in [-0.2, 0) is 6.54 Å². The smallest absolute Gasteiger partial charge is 0.0633 e. The Morgan fingerprint density at radius 3 is 2.92 bits per heavy atom. The van der Waals surface area contributed by atoms with Gasteiger partial charge in [0.2, 0.25) is 0 Å². The molecular weight excluding hydrogens is 154 g/mol. The monoisotopic (exact) mass is 163 g/mol. The highest BCUT2D eigenvalue weighted by atomic mass is 15.1. The molecule has 1 rings (SSSR count). The van der Waals surface area contributed by atoms with Crippen LogP contribution in [-0.4, -0.2) is 10.2 Å². The molecule has 12 heavy (non-hydrogen) atoms. The summed E-state index contributed by atoms with van der Waals surface area (Å²) in [6, 6.07) is 1.87. The molecule has 1 aromatic rings. The standard InChI is InChI=1S/C7H9N5/c1-5-3-7(4-9-12-8)6(2)11-10-5/h3H,4H2,1-2H3. The van der Waals surface area contributed by atoms with Crippen molar-refractivity contribution in [3.8, 4) is 0 Å². The van der Waals surface area contributed by atoms with Gasteiger partial charge in [-0.25, -0.2) is 0 Å². The van der Waals surface area contributed by atoms with E-state index in [1.165, 1.54) is 0 Å². The third-order valence-electron chi connectivity index (χ3n) is 1.51. The minimum atomic E-state index is 0.346. The minimum Gasteiger partial charge on any atom is -0.156 e. The molecule has 0 saturated heterocycles. The second-order valence-corrected chi connectivity index (χ2v) is 2.49. The van der Waals surface area contributed by atoms with Crippen LogP contribution in [0.4, 0.5) is 0 Å². The van der Waals surface area contributed by atoms with Crippen LogP contribution in [0.5, 0.6) is 0 Å². The number of hydrogen-bond acceptors (Lipinski definition) is 3. The highest BCUT2D eigenvalue weighted by Gasteiger charge is 1.98. The number of hydrogen-bond donors (Lipinski definition) is 0. The third kappa shape index (κ3) is 1.93. The van der Waals surface area contributed by atoms with Gasteiger partial charge in [0.25, 0.3) is 0 Å². The molecule has 0 aliphatic carbocycles. The van der Waals surface area contributed by atoms with Crippen LogP contribution >= 0.6 is 0 Å². The second kappa shape index (κ2) is 3.69. The van der Waals surface area contributed by atoms with E-state index in [0.717, 1.165) is 17.0 Å². The molecule has 0 aliphatic heterocycles. The van der Waals surface area contributed by atoms with Crippen molar-refractivity contribution >= 4 is 0 Å². The minimum absolute atomic E-state index is 0.346. The molecule has 5 nitrogen and oxygen atoms in total. The Kier molecular flexibility index (Phi) is 2.61. The molecule has 0 radical (unpaired) electrons. The zero-order valence-electron chi connectivity index (χ0n) is 7.02. The molecule has 5 heteroatoms. The van der Waals surface area contributed by atoms with Crippen LogP contribution in [0.2, 0.25) is 0 Å². The maximum atomic E-state index is 8.11. The molecule has 1 aromatic heterocycles.